The van der Waals surface area contributed by atoms with E-state index < -0.39 is 5.97 Å². The molecule has 0 N–H and O–H groups in total. The van der Waals surface area contributed by atoms with E-state index in [1.165, 1.54) is 14.0 Å². The first kappa shape index (κ1) is 13.2. The molecule has 17 heavy (non-hydrogen) atoms. The van der Waals surface area contributed by atoms with Crippen molar-refractivity contribution in [3.8, 4) is 5.75 Å². The Bertz CT molecular complexity index is 423. The van der Waals surface area contributed by atoms with Gasteiger partial charge < -0.3 is 9.47 Å². The monoisotopic (exact) mass is 236 g/mol. The Morgan fingerprint density at radius 2 is 1.94 bits per heavy atom. The first-order valence-corrected chi connectivity index (χ1v) is 5.41. The molecule has 1 rings (SSSR count). The first-order chi connectivity index (χ1) is 8.06. The fraction of sp³-hybridized carbons (Fsp3) is 0.385. The summed E-state index contributed by atoms with van der Waals surface area (Å²) in [5.74, 6) is 0.177. The molecule has 0 saturated heterocycles. The minimum absolute atomic E-state index is 0.0352. The van der Waals surface area contributed by atoms with Crippen molar-refractivity contribution in [2.24, 2.45) is 0 Å². The van der Waals surface area contributed by atoms with Crippen molar-refractivity contribution >= 4 is 11.8 Å². The molecule has 0 amide bonds. The maximum Gasteiger partial charge on any atom is 0.338 e. The lowest BCUT2D eigenvalue weighted by Crippen LogP contribution is -2.06. The van der Waals surface area contributed by atoms with Crippen LogP contribution < -0.4 is 4.74 Å². The molecular weight excluding hydrogens is 220 g/mol. The average Bonchev–Trinajstić information content (AvgIpc) is 2.28. The summed E-state index contributed by atoms with van der Waals surface area (Å²) >= 11 is 0. The molecular formula is C13H16O4. The van der Waals surface area contributed by atoms with Gasteiger partial charge in [0.2, 0.25) is 0 Å². The van der Waals surface area contributed by atoms with Gasteiger partial charge in [0.1, 0.15) is 11.5 Å². The lowest BCUT2D eigenvalue weighted by atomic mass is 10.1. The van der Waals surface area contributed by atoms with E-state index in [0.717, 1.165) is 5.56 Å². The zero-order valence-corrected chi connectivity index (χ0v) is 10.3. The van der Waals surface area contributed by atoms with Crippen LogP contribution in [0.4, 0.5) is 0 Å². The number of hydrogen-bond donors (Lipinski definition) is 0. The Labute approximate surface area is 101 Å². The molecule has 0 aliphatic rings. The maximum absolute atomic E-state index is 11.6. The Morgan fingerprint density at radius 3 is 2.47 bits per heavy atom. The standard InChI is InChI=1S/C13H16O4/c1-4-17-13(15)11-6-10(5-9(2)14)7-12(8-11)16-3/h6-8H,4-5H2,1-3H3. The largest absolute Gasteiger partial charge is 0.497 e. The molecule has 0 aliphatic carbocycles. The summed E-state index contributed by atoms with van der Waals surface area (Å²) < 4.78 is 9.99. The zero-order chi connectivity index (χ0) is 12.8. The van der Waals surface area contributed by atoms with Crippen molar-refractivity contribution in [2.75, 3.05) is 13.7 Å². The Morgan fingerprint density at radius 1 is 1.24 bits per heavy atom. The predicted molar refractivity (Wildman–Crippen MR) is 63.3 cm³/mol. The van der Waals surface area contributed by atoms with Gasteiger partial charge in [-0.25, -0.2) is 4.79 Å². The van der Waals surface area contributed by atoms with Crippen LogP contribution in [-0.4, -0.2) is 25.5 Å². The molecule has 0 aromatic heterocycles. The quantitative estimate of drug-likeness (QED) is 0.734. The topological polar surface area (TPSA) is 52.6 Å². The molecule has 1 aromatic carbocycles. The van der Waals surface area contributed by atoms with Gasteiger partial charge in [0.15, 0.2) is 0 Å². The van der Waals surface area contributed by atoms with Crippen LogP contribution >= 0.6 is 0 Å². The Hall–Kier alpha value is -1.84. The molecule has 0 atom stereocenters. The van der Waals surface area contributed by atoms with Gasteiger partial charge >= 0.3 is 5.97 Å². The Balaban J connectivity index is 3.04. The van der Waals surface area contributed by atoms with Crippen LogP contribution in [-0.2, 0) is 16.0 Å². The van der Waals surface area contributed by atoms with Crippen molar-refractivity contribution in [1.82, 2.24) is 0 Å². The molecule has 0 radical (unpaired) electrons. The summed E-state index contributed by atoms with van der Waals surface area (Å²) in [4.78, 5) is 22.7. The summed E-state index contributed by atoms with van der Waals surface area (Å²) in [6.07, 6.45) is 0.281. The molecule has 0 unspecified atom stereocenters. The number of benzene rings is 1. The van der Waals surface area contributed by atoms with Crippen LogP contribution in [0.15, 0.2) is 18.2 Å². The number of Topliss-reactive ketones (excluding diaryl/α,β-unsaturated/α-hetero) is 1. The van der Waals surface area contributed by atoms with Crippen molar-refractivity contribution in [1.29, 1.82) is 0 Å². The number of ether oxygens (including phenoxy) is 2. The number of esters is 1. The van der Waals surface area contributed by atoms with E-state index >= 15 is 0 Å². The molecule has 4 heteroatoms. The number of rotatable bonds is 5. The smallest absolute Gasteiger partial charge is 0.338 e. The molecule has 0 fully saturated rings. The highest BCUT2D eigenvalue weighted by atomic mass is 16.5. The van der Waals surface area contributed by atoms with Crippen LogP contribution in [0.3, 0.4) is 0 Å². The molecule has 1 aromatic rings. The van der Waals surface area contributed by atoms with Gasteiger partial charge in [-0.1, -0.05) is 0 Å². The van der Waals surface area contributed by atoms with Gasteiger partial charge in [-0.15, -0.1) is 0 Å². The van der Waals surface area contributed by atoms with Crippen LogP contribution in [0.1, 0.15) is 29.8 Å². The molecule has 4 nitrogen and oxygen atoms in total. The van der Waals surface area contributed by atoms with E-state index in [4.69, 9.17) is 9.47 Å². The van der Waals surface area contributed by atoms with Crippen LogP contribution in [0, 0.1) is 0 Å². The molecule has 0 spiro atoms. The highest BCUT2D eigenvalue weighted by Gasteiger charge is 2.10. The minimum atomic E-state index is -0.406. The van der Waals surface area contributed by atoms with Gasteiger partial charge in [-0.2, -0.15) is 0 Å². The Kier molecular flexibility index (Phi) is 4.69. The van der Waals surface area contributed by atoms with Crippen molar-refractivity contribution in [3.63, 3.8) is 0 Å². The maximum atomic E-state index is 11.6. The van der Waals surface area contributed by atoms with Gasteiger partial charge in [0, 0.05) is 6.42 Å². The van der Waals surface area contributed by atoms with Crippen molar-refractivity contribution in [3.05, 3.63) is 29.3 Å². The fourth-order valence-corrected chi connectivity index (χ4v) is 1.50. The van der Waals surface area contributed by atoms with E-state index in [1.807, 2.05) is 0 Å². The third kappa shape index (κ3) is 3.90. The summed E-state index contributed by atoms with van der Waals surface area (Å²) in [6.45, 7) is 3.57. The second-order valence-electron chi connectivity index (χ2n) is 3.67. The highest BCUT2D eigenvalue weighted by Crippen LogP contribution is 2.18. The third-order valence-corrected chi connectivity index (χ3v) is 2.17. The van der Waals surface area contributed by atoms with E-state index in [0.29, 0.717) is 17.9 Å². The van der Waals surface area contributed by atoms with Crippen molar-refractivity contribution in [2.45, 2.75) is 20.3 Å². The predicted octanol–water partition coefficient (Wildman–Crippen LogP) is 2.00. The molecule has 0 bridgehead atoms. The van der Waals surface area contributed by atoms with E-state index in [1.54, 1.807) is 25.1 Å². The normalized spacial score (nSPS) is 9.82. The summed E-state index contributed by atoms with van der Waals surface area (Å²) in [6, 6.07) is 4.99. The second kappa shape index (κ2) is 6.03. The van der Waals surface area contributed by atoms with Gasteiger partial charge in [-0.3, -0.25) is 4.79 Å². The summed E-state index contributed by atoms with van der Waals surface area (Å²) in [7, 11) is 1.52. The molecule has 0 heterocycles. The number of carbonyl (C=O) groups is 2. The average molecular weight is 236 g/mol. The molecule has 92 valence electrons. The van der Waals surface area contributed by atoms with E-state index in [2.05, 4.69) is 0 Å². The lowest BCUT2D eigenvalue weighted by molar-refractivity contribution is -0.116. The fourth-order valence-electron chi connectivity index (χ4n) is 1.50. The summed E-state index contributed by atoms with van der Waals surface area (Å²) in [5.41, 5.74) is 1.15. The van der Waals surface area contributed by atoms with Crippen LogP contribution in [0.5, 0.6) is 5.75 Å². The number of hydrogen-bond acceptors (Lipinski definition) is 4. The van der Waals surface area contributed by atoms with Crippen molar-refractivity contribution < 1.29 is 19.1 Å². The minimum Gasteiger partial charge on any atom is -0.497 e. The number of methoxy groups -OCH3 is 1. The molecule has 0 saturated carbocycles. The molecule has 0 aliphatic heterocycles. The van der Waals surface area contributed by atoms with E-state index in [-0.39, 0.29) is 12.2 Å². The van der Waals surface area contributed by atoms with Crippen LogP contribution in [0.2, 0.25) is 0 Å². The first-order valence-electron chi connectivity index (χ1n) is 5.41. The van der Waals surface area contributed by atoms with Gasteiger partial charge in [0.05, 0.1) is 19.3 Å². The second-order valence-corrected chi connectivity index (χ2v) is 3.67. The lowest BCUT2D eigenvalue weighted by Gasteiger charge is -2.07. The number of carbonyl (C=O) groups excluding carboxylic acids is 2. The third-order valence-electron chi connectivity index (χ3n) is 2.17. The van der Waals surface area contributed by atoms with Gasteiger partial charge in [0.25, 0.3) is 0 Å². The highest BCUT2D eigenvalue weighted by molar-refractivity contribution is 5.90. The summed E-state index contributed by atoms with van der Waals surface area (Å²) in [5, 5.41) is 0. The SMILES string of the molecule is CCOC(=O)c1cc(CC(C)=O)cc(OC)c1. The van der Waals surface area contributed by atoms with Gasteiger partial charge in [-0.05, 0) is 37.6 Å². The van der Waals surface area contributed by atoms with E-state index in [9.17, 15) is 9.59 Å². The van der Waals surface area contributed by atoms with Crippen LogP contribution in [0.25, 0.3) is 0 Å². The zero-order valence-electron chi connectivity index (χ0n) is 10.3. The number of ketones is 1.